The molecule has 3 N–H and O–H groups in total. The van der Waals surface area contributed by atoms with Crippen molar-refractivity contribution in [2.24, 2.45) is 0 Å². The number of aryl methyl sites for hydroxylation is 1. The van der Waals surface area contributed by atoms with Crippen molar-refractivity contribution in [3.8, 4) is 0 Å². The Kier molecular flexibility index (Phi) is 4.47. The number of rotatable bonds is 5. The fraction of sp³-hybridized carbons (Fsp3) is 0.105. The maximum atomic E-state index is 13.0. The summed E-state index contributed by atoms with van der Waals surface area (Å²) in [5, 5.41) is 1.92. The van der Waals surface area contributed by atoms with Crippen molar-refractivity contribution in [1.82, 2.24) is 14.7 Å². The normalized spacial score (nSPS) is 13.1. The van der Waals surface area contributed by atoms with Crippen molar-refractivity contribution in [1.29, 1.82) is 0 Å². The van der Waals surface area contributed by atoms with Gasteiger partial charge in [0.05, 0.1) is 22.0 Å². The average molecular weight is 399 g/mol. The minimum Gasteiger partial charge on any atom is -0.306 e. The zero-order valence-corrected chi connectivity index (χ0v) is 16.0. The van der Waals surface area contributed by atoms with E-state index < -0.39 is 16.1 Å². The lowest BCUT2D eigenvalue weighted by molar-refractivity contribution is 0.573. The molecule has 4 aromatic rings. The van der Waals surface area contributed by atoms with E-state index in [9.17, 15) is 13.2 Å². The Morgan fingerprint density at radius 3 is 2.44 bits per heavy atom. The third-order valence-electron chi connectivity index (χ3n) is 4.31. The number of nitrogens with one attached hydrogen (secondary N) is 3. The standard InChI is InChI=1S/C19H17N3O3S2/c1-12-4-6-13(7-5-12)18(17-3-2-10-26-17)22-27(24,25)14-8-9-15-16(11-14)21-19(23)20-15/h2-11,18,22H,1H3,(H2,20,21,23). The van der Waals surface area contributed by atoms with Crippen LogP contribution in [0.3, 0.4) is 0 Å². The smallest absolute Gasteiger partial charge is 0.306 e. The van der Waals surface area contributed by atoms with Crippen LogP contribution in [0, 0.1) is 6.92 Å². The summed E-state index contributed by atoms with van der Waals surface area (Å²) in [4.78, 5) is 17.6. The van der Waals surface area contributed by atoms with E-state index in [1.807, 2.05) is 48.7 Å². The van der Waals surface area contributed by atoms with E-state index in [-0.39, 0.29) is 10.6 Å². The summed E-state index contributed by atoms with van der Waals surface area (Å²) in [6.45, 7) is 1.99. The second-order valence-electron chi connectivity index (χ2n) is 6.27. The highest BCUT2D eigenvalue weighted by atomic mass is 32.2. The predicted octanol–water partition coefficient (Wildman–Crippen LogP) is 3.29. The summed E-state index contributed by atoms with van der Waals surface area (Å²) in [5.41, 5.74) is 2.61. The van der Waals surface area contributed by atoms with Gasteiger partial charge in [0, 0.05) is 4.88 Å². The molecule has 138 valence electrons. The van der Waals surface area contributed by atoms with Gasteiger partial charge in [-0.1, -0.05) is 35.9 Å². The van der Waals surface area contributed by atoms with Crippen LogP contribution in [-0.4, -0.2) is 18.4 Å². The van der Waals surface area contributed by atoms with Crippen molar-refractivity contribution in [2.75, 3.05) is 0 Å². The number of hydrogen-bond donors (Lipinski definition) is 3. The van der Waals surface area contributed by atoms with Crippen LogP contribution < -0.4 is 10.4 Å². The molecule has 0 aliphatic carbocycles. The molecule has 0 bridgehead atoms. The van der Waals surface area contributed by atoms with Crippen molar-refractivity contribution in [3.05, 3.63) is 86.5 Å². The first kappa shape index (κ1) is 17.7. The van der Waals surface area contributed by atoms with Crippen molar-refractivity contribution in [3.63, 3.8) is 0 Å². The molecule has 27 heavy (non-hydrogen) atoms. The molecule has 2 aromatic carbocycles. The van der Waals surface area contributed by atoms with E-state index in [0.29, 0.717) is 11.0 Å². The number of H-pyrrole nitrogens is 2. The van der Waals surface area contributed by atoms with Gasteiger partial charge >= 0.3 is 5.69 Å². The molecular weight excluding hydrogens is 382 g/mol. The van der Waals surface area contributed by atoms with Gasteiger partial charge in [-0.05, 0) is 42.1 Å². The van der Waals surface area contributed by atoms with Gasteiger partial charge < -0.3 is 9.97 Å². The Bertz CT molecular complexity index is 1240. The van der Waals surface area contributed by atoms with Crippen molar-refractivity contribution in [2.45, 2.75) is 17.9 Å². The van der Waals surface area contributed by atoms with Crippen molar-refractivity contribution >= 4 is 32.4 Å². The monoisotopic (exact) mass is 399 g/mol. The molecule has 6 nitrogen and oxygen atoms in total. The molecule has 2 heterocycles. The minimum absolute atomic E-state index is 0.0962. The van der Waals surface area contributed by atoms with E-state index in [2.05, 4.69) is 14.7 Å². The maximum absolute atomic E-state index is 13.0. The first-order valence-corrected chi connectivity index (χ1v) is 10.6. The SMILES string of the molecule is Cc1ccc(C(NS(=O)(=O)c2ccc3[nH]c(=O)[nH]c3c2)c2cccs2)cc1. The Balaban J connectivity index is 1.74. The van der Waals surface area contributed by atoms with E-state index in [0.717, 1.165) is 16.0 Å². The topological polar surface area (TPSA) is 94.8 Å². The number of aromatic amines is 2. The van der Waals surface area contributed by atoms with Gasteiger partial charge in [0.1, 0.15) is 0 Å². The van der Waals surface area contributed by atoms with Gasteiger partial charge in [-0.3, -0.25) is 0 Å². The van der Waals surface area contributed by atoms with Crippen LogP contribution in [0.1, 0.15) is 22.0 Å². The highest BCUT2D eigenvalue weighted by Crippen LogP contribution is 2.28. The molecule has 0 spiro atoms. The number of benzene rings is 2. The molecule has 0 radical (unpaired) electrons. The van der Waals surface area contributed by atoms with E-state index >= 15 is 0 Å². The number of imidazole rings is 1. The predicted molar refractivity (Wildman–Crippen MR) is 107 cm³/mol. The second-order valence-corrected chi connectivity index (χ2v) is 8.96. The van der Waals surface area contributed by atoms with Crippen LogP contribution in [0.4, 0.5) is 0 Å². The molecular formula is C19H17N3O3S2. The summed E-state index contributed by atoms with van der Waals surface area (Å²) < 4.78 is 28.8. The van der Waals surface area contributed by atoms with Gasteiger partial charge in [0.2, 0.25) is 10.0 Å². The quantitative estimate of drug-likeness (QED) is 0.481. The summed E-state index contributed by atoms with van der Waals surface area (Å²) in [7, 11) is -3.81. The van der Waals surface area contributed by atoms with Gasteiger partial charge in [0.25, 0.3) is 0 Å². The van der Waals surface area contributed by atoms with Gasteiger partial charge in [-0.2, -0.15) is 4.72 Å². The average Bonchev–Trinajstić information content (AvgIpc) is 3.28. The summed E-state index contributed by atoms with van der Waals surface area (Å²) >= 11 is 1.49. The molecule has 1 atom stereocenters. The van der Waals surface area contributed by atoms with Crippen LogP contribution in [0.15, 0.2) is 69.7 Å². The molecule has 0 aliphatic rings. The van der Waals surface area contributed by atoms with Gasteiger partial charge in [-0.15, -0.1) is 11.3 Å². The Hall–Kier alpha value is -2.68. The summed E-state index contributed by atoms with van der Waals surface area (Å²) in [5.74, 6) is 0. The Morgan fingerprint density at radius 2 is 1.74 bits per heavy atom. The highest BCUT2D eigenvalue weighted by molar-refractivity contribution is 7.89. The number of thiophene rings is 1. The third kappa shape index (κ3) is 3.59. The number of aromatic nitrogens is 2. The van der Waals surface area contributed by atoms with E-state index in [4.69, 9.17) is 0 Å². The first-order valence-electron chi connectivity index (χ1n) is 8.27. The Morgan fingerprint density at radius 1 is 1.00 bits per heavy atom. The molecule has 0 saturated carbocycles. The summed E-state index contributed by atoms with van der Waals surface area (Å²) in [6, 6.07) is 15.6. The number of hydrogen-bond acceptors (Lipinski definition) is 4. The molecule has 0 fully saturated rings. The largest absolute Gasteiger partial charge is 0.323 e. The molecule has 4 rings (SSSR count). The lowest BCUT2D eigenvalue weighted by Gasteiger charge is -2.18. The number of fused-ring (bicyclic) bond motifs is 1. The maximum Gasteiger partial charge on any atom is 0.323 e. The van der Waals surface area contributed by atoms with Crippen LogP contribution >= 0.6 is 11.3 Å². The molecule has 8 heteroatoms. The fourth-order valence-corrected chi connectivity index (χ4v) is 5.01. The highest BCUT2D eigenvalue weighted by Gasteiger charge is 2.24. The van der Waals surface area contributed by atoms with Gasteiger partial charge in [-0.25, -0.2) is 13.2 Å². The molecule has 0 saturated heterocycles. The fourth-order valence-electron chi connectivity index (χ4n) is 2.91. The Labute approximate surface area is 159 Å². The van der Waals surface area contributed by atoms with Crippen LogP contribution in [0.5, 0.6) is 0 Å². The van der Waals surface area contributed by atoms with E-state index in [1.165, 1.54) is 23.5 Å². The second kappa shape index (κ2) is 6.80. The summed E-state index contributed by atoms with van der Waals surface area (Å²) in [6.07, 6.45) is 0. The zero-order valence-electron chi connectivity index (χ0n) is 14.4. The van der Waals surface area contributed by atoms with Crippen LogP contribution in [-0.2, 0) is 10.0 Å². The molecule has 1 unspecified atom stereocenters. The van der Waals surface area contributed by atoms with Crippen molar-refractivity contribution < 1.29 is 8.42 Å². The molecule has 0 amide bonds. The zero-order chi connectivity index (χ0) is 19.0. The van der Waals surface area contributed by atoms with Gasteiger partial charge in [0.15, 0.2) is 0 Å². The lowest BCUT2D eigenvalue weighted by Crippen LogP contribution is -2.29. The lowest BCUT2D eigenvalue weighted by atomic mass is 10.0. The molecule has 0 aliphatic heterocycles. The van der Waals surface area contributed by atoms with Crippen LogP contribution in [0.2, 0.25) is 0 Å². The first-order chi connectivity index (χ1) is 12.9. The van der Waals surface area contributed by atoms with Crippen LogP contribution in [0.25, 0.3) is 11.0 Å². The molecule has 2 aromatic heterocycles. The third-order valence-corrected chi connectivity index (χ3v) is 6.67. The van der Waals surface area contributed by atoms with E-state index in [1.54, 1.807) is 6.07 Å². The minimum atomic E-state index is -3.81. The number of sulfonamides is 1.